The van der Waals surface area contributed by atoms with Gasteiger partial charge in [-0.05, 0) is 30.5 Å². The van der Waals surface area contributed by atoms with Crippen LogP contribution >= 0.6 is 11.6 Å². The summed E-state index contributed by atoms with van der Waals surface area (Å²) in [6, 6.07) is 5.35. The molecule has 0 aliphatic heterocycles. The summed E-state index contributed by atoms with van der Waals surface area (Å²) in [4.78, 5) is 0. The maximum Gasteiger partial charge on any atom is 0.124 e. The molecule has 0 bridgehead atoms. The number of methoxy groups -OCH3 is 1. The lowest BCUT2D eigenvalue weighted by Crippen LogP contribution is -2.06. The normalized spacial score (nSPS) is 14.4. The third kappa shape index (κ3) is 4.21. The summed E-state index contributed by atoms with van der Waals surface area (Å²) in [6.07, 6.45) is 2.50. The lowest BCUT2D eigenvalue weighted by Gasteiger charge is -2.18. The monoisotopic (exact) mass is 256 g/mol. The van der Waals surface area contributed by atoms with Crippen molar-refractivity contribution in [3.8, 4) is 5.75 Å². The Morgan fingerprint density at radius 2 is 2.12 bits per heavy atom. The summed E-state index contributed by atoms with van der Waals surface area (Å²) in [6.45, 7) is 4.31. The second kappa shape index (κ2) is 6.87. The van der Waals surface area contributed by atoms with Gasteiger partial charge in [-0.25, -0.2) is 0 Å². The average Bonchev–Trinajstić information content (AvgIpc) is 2.29. The predicted octanol–water partition coefficient (Wildman–Crippen LogP) is 4.21. The molecule has 2 nitrogen and oxygen atoms in total. The number of halogens is 1. The Bertz CT molecular complexity index is 352. The van der Waals surface area contributed by atoms with Crippen molar-refractivity contribution in [2.75, 3.05) is 7.11 Å². The van der Waals surface area contributed by atoms with E-state index in [2.05, 4.69) is 13.8 Å². The topological polar surface area (TPSA) is 29.5 Å². The smallest absolute Gasteiger partial charge is 0.124 e. The van der Waals surface area contributed by atoms with Gasteiger partial charge in [0.25, 0.3) is 0 Å². The third-order valence-corrected chi connectivity index (χ3v) is 3.19. The molecule has 0 aromatic heterocycles. The van der Waals surface area contributed by atoms with Gasteiger partial charge in [0.05, 0.1) is 13.2 Å². The minimum absolute atomic E-state index is 0.499. The highest BCUT2D eigenvalue weighted by molar-refractivity contribution is 6.30. The van der Waals surface area contributed by atoms with Crippen LogP contribution in [0, 0.1) is 5.92 Å². The Labute approximate surface area is 109 Å². The maximum atomic E-state index is 10.2. The van der Waals surface area contributed by atoms with E-state index in [1.807, 2.05) is 0 Å². The lowest BCUT2D eigenvalue weighted by molar-refractivity contribution is 0.141. The van der Waals surface area contributed by atoms with Crippen LogP contribution in [-0.4, -0.2) is 12.2 Å². The quantitative estimate of drug-likeness (QED) is 0.826. The van der Waals surface area contributed by atoms with Crippen LogP contribution in [0.4, 0.5) is 0 Å². The molecule has 1 aromatic carbocycles. The van der Waals surface area contributed by atoms with Crippen molar-refractivity contribution in [3.63, 3.8) is 0 Å². The van der Waals surface area contributed by atoms with Gasteiger partial charge in [-0.15, -0.1) is 0 Å². The molecule has 0 spiro atoms. The summed E-state index contributed by atoms with van der Waals surface area (Å²) >= 11 is 5.95. The second-order valence-electron chi connectivity index (χ2n) is 4.53. The highest BCUT2D eigenvalue weighted by atomic mass is 35.5. The minimum Gasteiger partial charge on any atom is -0.496 e. The van der Waals surface area contributed by atoms with Gasteiger partial charge in [0.1, 0.15) is 5.75 Å². The van der Waals surface area contributed by atoms with E-state index < -0.39 is 6.10 Å². The highest BCUT2D eigenvalue weighted by Gasteiger charge is 2.16. The van der Waals surface area contributed by atoms with E-state index in [4.69, 9.17) is 16.3 Å². The fraction of sp³-hybridized carbons (Fsp3) is 0.571. The molecular formula is C14H21ClO2. The average molecular weight is 257 g/mol. The van der Waals surface area contributed by atoms with Crippen LogP contribution in [0.2, 0.25) is 5.02 Å². The number of hydrogen-bond acceptors (Lipinski definition) is 2. The largest absolute Gasteiger partial charge is 0.496 e. The number of rotatable bonds is 6. The van der Waals surface area contributed by atoms with Crippen molar-refractivity contribution in [2.24, 2.45) is 5.92 Å². The van der Waals surface area contributed by atoms with Crippen LogP contribution in [0.1, 0.15) is 44.8 Å². The zero-order valence-electron chi connectivity index (χ0n) is 10.7. The van der Waals surface area contributed by atoms with Crippen molar-refractivity contribution >= 4 is 11.6 Å². The summed E-state index contributed by atoms with van der Waals surface area (Å²) in [7, 11) is 1.61. The van der Waals surface area contributed by atoms with Crippen molar-refractivity contribution in [1.82, 2.24) is 0 Å². The summed E-state index contributed by atoms with van der Waals surface area (Å²) in [5.74, 6) is 1.20. The van der Waals surface area contributed by atoms with E-state index in [0.717, 1.165) is 24.8 Å². The zero-order valence-corrected chi connectivity index (χ0v) is 11.5. The molecule has 17 heavy (non-hydrogen) atoms. The van der Waals surface area contributed by atoms with Gasteiger partial charge in [0.2, 0.25) is 0 Å². The number of ether oxygens (including phenoxy) is 1. The molecule has 0 aliphatic rings. The van der Waals surface area contributed by atoms with Crippen molar-refractivity contribution in [1.29, 1.82) is 0 Å². The first kappa shape index (κ1) is 14.3. The molecule has 96 valence electrons. The molecule has 1 N–H and O–H groups in total. The predicted molar refractivity (Wildman–Crippen MR) is 71.7 cm³/mol. The van der Waals surface area contributed by atoms with Gasteiger partial charge in [-0.1, -0.05) is 38.3 Å². The molecule has 0 fully saturated rings. The van der Waals surface area contributed by atoms with Crippen molar-refractivity contribution in [2.45, 2.75) is 39.2 Å². The van der Waals surface area contributed by atoms with Crippen LogP contribution in [-0.2, 0) is 0 Å². The standard InChI is InChI=1S/C14H21ClO2/c1-4-5-10(2)8-13(16)12-9-11(15)6-7-14(12)17-3/h6-7,9-10,13,16H,4-5,8H2,1-3H3. The summed E-state index contributed by atoms with van der Waals surface area (Å²) in [5, 5.41) is 10.8. The summed E-state index contributed by atoms with van der Waals surface area (Å²) < 4.78 is 5.24. The van der Waals surface area contributed by atoms with Gasteiger partial charge in [-0.3, -0.25) is 0 Å². The molecule has 0 radical (unpaired) electrons. The molecule has 1 aromatic rings. The Hall–Kier alpha value is -0.730. The first-order valence-electron chi connectivity index (χ1n) is 6.10. The molecule has 0 amide bonds. The summed E-state index contributed by atoms with van der Waals surface area (Å²) in [5.41, 5.74) is 0.781. The Morgan fingerprint density at radius 3 is 2.71 bits per heavy atom. The lowest BCUT2D eigenvalue weighted by atomic mass is 9.94. The van der Waals surface area contributed by atoms with Crippen molar-refractivity contribution < 1.29 is 9.84 Å². The van der Waals surface area contributed by atoms with E-state index >= 15 is 0 Å². The molecule has 1 rings (SSSR count). The molecular weight excluding hydrogens is 236 g/mol. The molecule has 0 heterocycles. The van der Waals surface area contributed by atoms with Gasteiger partial charge in [-0.2, -0.15) is 0 Å². The number of hydrogen-bond donors (Lipinski definition) is 1. The second-order valence-corrected chi connectivity index (χ2v) is 4.97. The maximum absolute atomic E-state index is 10.2. The molecule has 2 atom stereocenters. The fourth-order valence-corrected chi connectivity index (χ4v) is 2.26. The van der Waals surface area contributed by atoms with Crippen LogP contribution in [0.25, 0.3) is 0 Å². The molecule has 2 unspecified atom stereocenters. The SMILES string of the molecule is CCCC(C)CC(O)c1cc(Cl)ccc1OC. The molecule has 0 saturated heterocycles. The van der Waals surface area contributed by atoms with Gasteiger partial charge >= 0.3 is 0 Å². The van der Waals surface area contributed by atoms with E-state index in [0.29, 0.717) is 16.7 Å². The van der Waals surface area contributed by atoms with Crippen LogP contribution in [0.3, 0.4) is 0 Å². The van der Waals surface area contributed by atoms with E-state index in [1.165, 1.54) is 0 Å². The Balaban J connectivity index is 2.79. The molecule has 3 heteroatoms. The molecule has 0 saturated carbocycles. The third-order valence-electron chi connectivity index (χ3n) is 2.96. The first-order valence-corrected chi connectivity index (χ1v) is 6.47. The van der Waals surface area contributed by atoms with E-state index in [-0.39, 0.29) is 0 Å². The highest BCUT2D eigenvalue weighted by Crippen LogP contribution is 2.32. The number of benzene rings is 1. The zero-order chi connectivity index (χ0) is 12.8. The Kier molecular flexibility index (Phi) is 5.79. The molecule has 0 aliphatic carbocycles. The van der Waals surface area contributed by atoms with Crippen LogP contribution < -0.4 is 4.74 Å². The van der Waals surface area contributed by atoms with Crippen molar-refractivity contribution in [3.05, 3.63) is 28.8 Å². The van der Waals surface area contributed by atoms with Gasteiger partial charge < -0.3 is 9.84 Å². The van der Waals surface area contributed by atoms with Gasteiger partial charge in [0, 0.05) is 10.6 Å². The first-order chi connectivity index (χ1) is 8.08. The minimum atomic E-state index is -0.509. The van der Waals surface area contributed by atoms with E-state index in [1.54, 1.807) is 25.3 Å². The van der Waals surface area contributed by atoms with E-state index in [9.17, 15) is 5.11 Å². The van der Waals surface area contributed by atoms with Crippen LogP contribution in [0.5, 0.6) is 5.75 Å². The number of aliphatic hydroxyl groups is 1. The van der Waals surface area contributed by atoms with Gasteiger partial charge in [0.15, 0.2) is 0 Å². The Morgan fingerprint density at radius 1 is 1.41 bits per heavy atom. The number of aliphatic hydroxyl groups excluding tert-OH is 1. The van der Waals surface area contributed by atoms with Crippen LogP contribution in [0.15, 0.2) is 18.2 Å². The fourth-order valence-electron chi connectivity index (χ4n) is 2.08.